The maximum absolute atomic E-state index is 9.32. The van der Waals surface area contributed by atoms with E-state index in [-0.39, 0.29) is 0 Å². The average Bonchev–Trinajstić information content (AvgIpc) is 3.81. The molecule has 0 aliphatic rings. The molecule has 0 bridgehead atoms. The molecule has 0 saturated carbocycles. The number of nitrogens with zero attached hydrogens (tertiary/aromatic N) is 3. The van der Waals surface area contributed by atoms with Crippen molar-refractivity contribution in [2.75, 3.05) is 0 Å². The van der Waals surface area contributed by atoms with Crippen LogP contribution in [0.5, 0.6) is 0 Å². The number of para-hydroxylation sites is 2. The molecular weight excluding hydrogens is 703 g/mol. The van der Waals surface area contributed by atoms with Gasteiger partial charge >= 0.3 is 0 Å². The highest BCUT2D eigenvalue weighted by Gasteiger charge is 2.17. The van der Waals surface area contributed by atoms with E-state index in [4.69, 9.17) is 0 Å². The van der Waals surface area contributed by atoms with Gasteiger partial charge in [0.2, 0.25) is 0 Å². The number of hydrogen-bond acceptors (Lipinski definition) is 1. The predicted molar refractivity (Wildman–Crippen MR) is 243 cm³/mol. The van der Waals surface area contributed by atoms with Crippen molar-refractivity contribution < 1.29 is 0 Å². The fourth-order valence-electron chi connectivity index (χ4n) is 9.46. The van der Waals surface area contributed by atoms with E-state index < -0.39 is 0 Å². The van der Waals surface area contributed by atoms with Crippen LogP contribution in [0.25, 0.3) is 110 Å². The Morgan fingerprint density at radius 1 is 0.276 bits per heavy atom. The van der Waals surface area contributed by atoms with Gasteiger partial charge in [0, 0.05) is 32.9 Å². The second-order valence-corrected chi connectivity index (χ2v) is 15.2. The normalized spacial score (nSPS) is 11.8. The molecule has 0 N–H and O–H groups in total. The Bertz CT molecular complexity index is 3650. The molecule has 0 unspecified atom stereocenters. The summed E-state index contributed by atoms with van der Waals surface area (Å²) in [6.45, 7) is 0. The van der Waals surface area contributed by atoms with Crippen LogP contribution in [0, 0.1) is 11.3 Å². The van der Waals surface area contributed by atoms with Gasteiger partial charge in [-0.25, -0.2) is 0 Å². The van der Waals surface area contributed by atoms with E-state index in [1.54, 1.807) is 0 Å². The lowest BCUT2D eigenvalue weighted by molar-refractivity contribution is 1.18. The second kappa shape index (κ2) is 12.5. The first-order valence-electron chi connectivity index (χ1n) is 19.7. The van der Waals surface area contributed by atoms with E-state index in [0.29, 0.717) is 5.56 Å². The highest BCUT2D eigenvalue weighted by molar-refractivity contribution is 6.25. The molecular formula is C55H33N3. The van der Waals surface area contributed by atoms with Crippen LogP contribution in [0.4, 0.5) is 0 Å². The summed E-state index contributed by atoms with van der Waals surface area (Å²) in [5, 5.41) is 21.9. The molecule has 0 aliphatic carbocycles. The third kappa shape index (κ3) is 4.79. The Kier molecular flexibility index (Phi) is 6.99. The zero-order valence-electron chi connectivity index (χ0n) is 31.4. The molecule has 2 aromatic heterocycles. The van der Waals surface area contributed by atoms with Gasteiger partial charge in [-0.3, -0.25) is 0 Å². The summed E-state index contributed by atoms with van der Waals surface area (Å²) in [5.74, 6) is 0. The van der Waals surface area contributed by atoms with Gasteiger partial charge in [0.05, 0.1) is 33.7 Å². The van der Waals surface area contributed by atoms with Crippen molar-refractivity contribution >= 4 is 75.9 Å². The molecule has 2 heterocycles. The van der Waals surface area contributed by atoms with Crippen molar-refractivity contribution in [2.24, 2.45) is 0 Å². The summed E-state index contributed by atoms with van der Waals surface area (Å²) in [5.41, 5.74) is 12.2. The van der Waals surface area contributed by atoms with Gasteiger partial charge in [0.15, 0.2) is 0 Å². The Hall–Kier alpha value is -7.93. The summed E-state index contributed by atoms with van der Waals surface area (Å²) < 4.78 is 4.80. The van der Waals surface area contributed by atoms with Gasteiger partial charge in [-0.15, -0.1) is 0 Å². The van der Waals surface area contributed by atoms with Gasteiger partial charge in [0.25, 0.3) is 0 Å². The Labute approximate surface area is 334 Å². The molecule has 10 aromatic carbocycles. The topological polar surface area (TPSA) is 33.6 Å². The summed E-state index contributed by atoms with van der Waals surface area (Å²) in [7, 11) is 0. The fourth-order valence-corrected chi connectivity index (χ4v) is 9.46. The highest BCUT2D eigenvalue weighted by atomic mass is 15.0. The van der Waals surface area contributed by atoms with Gasteiger partial charge in [-0.05, 0) is 127 Å². The lowest BCUT2D eigenvalue weighted by Crippen LogP contribution is -1.95. The van der Waals surface area contributed by atoms with Gasteiger partial charge in [-0.2, -0.15) is 5.26 Å². The first-order valence-corrected chi connectivity index (χ1v) is 19.7. The SMILES string of the molecule is N#Cc1ccc(-c2cccc(-n3c4ccccc4c4cc(-c5ccc6c(c5)c5ccccc5n6-c5ccc6c7ccccc7c7ccccc7c6c5)ccc43)c2)cc1. The molecule has 3 nitrogen and oxygen atoms in total. The van der Waals surface area contributed by atoms with Crippen LogP contribution < -0.4 is 0 Å². The van der Waals surface area contributed by atoms with Gasteiger partial charge < -0.3 is 9.13 Å². The summed E-state index contributed by atoms with van der Waals surface area (Å²) >= 11 is 0. The van der Waals surface area contributed by atoms with Crippen molar-refractivity contribution in [3.63, 3.8) is 0 Å². The molecule has 0 aliphatic heterocycles. The Morgan fingerprint density at radius 3 is 1.26 bits per heavy atom. The summed E-state index contributed by atoms with van der Waals surface area (Å²) in [6, 6.07) is 74.6. The molecule has 0 spiro atoms. The van der Waals surface area contributed by atoms with Crippen LogP contribution in [-0.2, 0) is 0 Å². The predicted octanol–water partition coefficient (Wildman–Crippen LogP) is 14.5. The Morgan fingerprint density at radius 2 is 0.707 bits per heavy atom. The number of fused-ring (bicyclic) bond motifs is 12. The monoisotopic (exact) mass is 735 g/mol. The van der Waals surface area contributed by atoms with E-state index >= 15 is 0 Å². The maximum Gasteiger partial charge on any atom is 0.0991 e. The molecule has 0 atom stereocenters. The van der Waals surface area contributed by atoms with E-state index in [0.717, 1.165) is 28.0 Å². The first-order chi connectivity index (χ1) is 28.7. The first kappa shape index (κ1) is 32.3. The van der Waals surface area contributed by atoms with E-state index in [2.05, 4.69) is 191 Å². The zero-order chi connectivity index (χ0) is 38.3. The molecule has 0 radical (unpaired) electrons. The van der Waals surface area contributed by atoms with Gasteiger partial charge in [-0.1, -0.05) is 127 Å². The number of benzene rings is 10. The van der Waals surface area contributed by atoms with Crippen molar-refractivity contribution in [3.8, 4) is 39.7 Å². The minimum absolute atomic E-state index is 0.663. The van der Waals surface area contributed by atoms with Crippen LogP contribution in [0.2, 0.25) is 0 Å². The maximum atomic E-state index is 9.32. The molecule has 3 heteroatoms. The minimum Gasteiger partial charge on any atom is -0.309 e. The van der Waals surface area contributed by atoms with E-state index in [1.807, 2.05) is 24.3 Å². The summed E-state index contributed by atoms with van der Waals surface area (Å²) in [4.78, 5) is 0. The Balaban J connectivity index is 1.01. The third-order valence-corrected chi connectivity index (χ3v) is 12.1. The van der Waals surface area contributed by atoms with Crippen molar-refractivity contribution in [3.05, 3.63) is 206 Å². The third-order valence-electron chi connectivity index (χ3n) is 12.1. The molecule has 268 valence electrons. The quantitative estimate of drug-likeness (QED) is 0.166. The number of rotatable bonds is 4. The van der Waals surface area contributed by atoms with E-state index in [9.17, 15) is 5.26 Å². The zero-order valence-corrected chi connectivity index (χ0v) is 31.4. The standard InChI is InChI=1S/C55H33N3/c56-34-35-20-22-36(23-21-35)37-10-9-11-40(30-37)57-52-18-7-5-16-47(52)50-31-38(24-28-54(50)57)39-25-29-55-51(32-39)48-17-6-8-19-53(48)58(55)41-26-27-46-44-14-2-1-12-42(44)43-13-3-4-15-45(43)49(46)33-41/h1-33H. The lowest BCUT2D eigenvalue weighted by Gasteiger charge is -2.14. The lowest BCUT2D eigenvalue weighted by atomic mass is 9.94. The molecule has 58 heavy (non-hydrogen) atoms. The van der Waals surface area contributed by atoms with Crippen molar-refractivity contribution in [1.29, 1.82) is 5.26 Å². The van der Waals surface area contributed by atoms with Crippen LogP contribution in [0.1, 0.15) is 5.56 Å². The number of nitriles is 1. The van der Waals surface area contributed by atoms with E-state index in [1.165, 1.54) is 81.5 Å². The number of aromatic nitrogens is 2. The van der Waals surface area contributed by atoms with Crippen LogP contribution >= 0.6 is 0 Å². The van der Waals surface area contributed by atoms with Crippen LogP contribution in [0.15, 0.2) is 200 Å². The summed E-state index contributed by atoms with van der Waals surface area (Å²) in [6.07, 6.45) is 0. The van der Waals surface area contributed by atoms with Crippen LogP contribution in [-0.4, -0.2) is 9.13 Å². The van der Waals surface area contributed by atoms with Crippen molar-refractivity contribution in [2.45, 2.75) is 0 Å². The molecule has 0 amide bonds. The molecule has 0 fully saturated rings. The highest BCUT2D eigenvalue weighted by Crippen LogP contribution is 2.41. The van der Waals surface area contributed by atoms with Crippen LogP contribution in [0.3, 0.4) is 0 Å². The average molecular weight is 736 g/mol. The molecule has 0 saturated heterocycles. The molecule has 12 rings (SSSR count). The largest absolute Gasteiger partial charge is 0.309 e. The minimum atomic E-state index is 0.663. The van der Waals surface area contributed by atoms with Crippen molar-refractivity contribution in [1.82, 2.24) is 9.13 Å². The molecule has 12 aromatic rings. The fraction of sp³-hybridized carbons (Fsp3) is 0. The number of hydrogen-bond donors (Lipinski definition) is 0. The second-order valence-electron chi connectivity index (χ2n) is 15.2. The van der Waals surface area contributed by atoms with Gasteiger partial charge in [0.1, 0.15) is 0 Å². The smallest absolute Gasteiger partial charge is 0.0991 e.